The maximum absolute atomic E-state index is 12.5. The number of piperidine rings is 1. The molecule has 3 rings (SSSR count). The third-order valence-corrected chi connectivity index (χ3v) is 5.34. The summed E-state index contributed by atoms with van der Waals surface area (Å²) in [6, 6.07) is 15.5. The molecule has 1 fully saturated rings. The minimum atomic E-state index is 0.00217. The van der Waals surface area contributed by atoms with Crippen LogP contribution in [0.25, 0.3) is 0 Å². The predicted octanol–water partition coefficient (Wildman–Crippen LogP) is 4.50. The summed E-state index contributed by atoms with van der Waals surface area (Å²) >= 11 is 3.46. The van der Waals surface area contributed by atoms with Crippen LogP contribution in [0.1, 0.15) is 35.7 Å². The van der Waals surface area contributed by atoms with Crippen molar-refractivity contribution in [2.24, 2.45) is 5.92 Å². The van der Waals surface area contributed by atoms with Crippen molar-refractivity contribution in [1.82, 2.24) is 4.90 Å². The number of nitrogens with zero attached hydrogens (tertiary/aromatic N) is 1. The SMILES string of the molecule is CC(=O)c1cccc(NC(=O)C2CCN(Cc3ccc(Br)cc3)CC2)c1. The molecule has 1 aliphatic heterocycles. The van der Waals surface area contributed by atoms with E-state index in [0.29, 0.717) is 11.3 Å². The number of hydrogen-bond acceptors (Lipinski definition) is 3. The molecule has 4 nitrogen and oxygen atoms in total. The molecule has 0 atom stereocenters. The summed E-state index contributed by atoms with van der Waals surface area (Å²) in [5.41, 5.74) is 2.60. The summed E-state index contributed by atoms with van der Waals surface area (Å²) in [7, 11) is 0. The fraction of sp³-hybridized carbons (Fsp3) is 0.333. The fourth-order valence-electron chi connectivity index (χ4n) is 3.26. The highest BCUT2D eigenvalue weighted by atomic mass is 79.9. The lowest BCUT2D eigenvalue weighted by Gasteiger charge is -2.31. The Morgan fingerprint density at radius 2 is 1.81 bits per heavy atom. The molecule has 0 saturated carbocycles. The van der Waals surface area contributed by atoms with E-state index in [4.69, 9.17) is 0 Å². The van der Waals surface area contributed by atoms with E-state index in [9.17, 15) is 9.59 Å². The Kier molecular flexibility index (Phi) is 6.22. The van der Waals surface area contributed by atoms with Crippen molar-refractivity contribution in [3.63, 3.8) is 0 Å². The standard InChI is InChI=1S/C21H23BrN2O2/c1-15(25)18-3-2-4-20(13-18)23-21(26)17-9-11-24(12-10-17)14-16-5-7-19(22)8-6-16/h2-8,13,17H,9-12,14H2,1H3,(H,23,26). The number of halogens is 1. The molecule has 0 bridgehead atoms. The Hall–Kier alpha value is -1.98. The number of hydrogen-bond donors (Lipinski definition) is 1. The van der Waals surface area contributed by atoms with Gasteiger partial charge in [0.2, 0.25) is 5.91 Å². The fourth-order valence-corrected chi connectivity index (χ4v) is 3.53. The highest BCUT2D eigenvalue weighted by Crippen LogP contribution is 2.22. The summed E-state index contributed by atoms with van der Waals surface area (Å²) in [4.78, 5) is 26.4. The van der Waals surface area contributed by atoms with E-state index < -0.39 is 0 Å². The first-order valence-corrected chi connectivity index (χ1v) is 9.69. The summed E-state index contributed by atoms with van der Waals surface area (Å²) in [6.45, 7) is 4.29. The zero-order valence-electron chi connectivity index (χ0n) is 14.9. The molecular formula is C21H23BrN2O2. The first-order valence-electron chi connectivity index (χ1n) is 8.90. The molecule has 1 heterocycles. The largest absolute Gasteiger partial charge is 0.326 e. The van der Waals surface area contributed by atoms with Crippen LogP contribution in [0, 0.1) is 5.92 Å². The van der Waals surface area contributed by atoms with Crippen LogP contribution >= 0.6 is 15.9 Å². The zero-order chi connectivity index (χ0) is 18.5. The Morgan fingerprint density at radius 1 is 1.12 bits per heavy atom. The molecule has 0 unspecified atom stereocenters. The molecule has 0 aliphatic carbocycles. The van der Waals surface area contributed by atoms with E-state index in [-0.39, 0.29) is 17.6 Å². The number of anilines is 1. The second-order valence-corrected chi connectivity index (χ2v) is 7.72. The van der Waals surface area contributed by atoms with Gasteiger partial charge >= 0.3 is 0 Å². The number of amides is 1. The molecule has 1 aliphatic rings. The van der Waals surface area contributed by atoms with Crippen LogP contribution in [0.15, 0.2) is 53.0 Å². The van der Waals surface area contributed by atoms with Crippen LogP contribution in [-0.4, -0.2) is 29.7 Å². The molecule has 1 amide bonds. The minimum absolute atomic E-state index is 0.00217. The Balaban J connectivity index is 1.51. The van der Waals surface area contributed by atoms with Crippen LogP contribution in [0.2, 0.25) is 0 Å². The lowest BCUT2D eigenvalue weighted by Crippen LogP contribution is -2.37. The molecule has 5 heteroatoms. The van der Waals surface area contributed by atoms with E-state index in [1.165, 1.54) is 12.5 Å². The van der Waals surface area contributed by atoms with Crippen LogP contribution in [0.4, 0.5) is 5.69 Å². The van der Waals surface area contributed by atoms with Crippen LogP contribution in [0.5, 0.6) is 0 Å². The number of carbonyl (C=O) groups is 2. The molecule has 26 heavy (non-hydrogen) atoms. The van der Waals surface area contributed by atoms with Crippen molar-refractivity contribution in [3.05, 3.63) is 64.1 Å². The topological polar surface area (TPSA) is 49.4 Å². The van der Waals surface area contributed by atoms with E-state index in [1.54, 1.807) is 18.2 Å². The number of likely N-dealkylation sites (tertiary alicyclic amines) is 1. The van der Waals surface area contributed by atoms with Gasteiger partial charge in [-0.15, -0.1) is 0 Å². The first kappa shape index (κ1) is 18.8. The summed E-state index contributed by atoms with van der Waals surface area (Å²) in [6.07, 6.45) is 1.71. The molecule has 2 aromatic carbocycles. The van der Waals surface area contributed by atoms with Crippen molar-refractivity contribution in [2.75, 3.05) is 18.4 Å². The molecule has 0 radical (unpaired) electrons. The smallest absolute Gasteiger partial charge is 0.227 e. The van der Waals surface area contributed by atoms with Crippen molar-refractivity contribution in [1.29, 1.82) is 0 Å². The maximum Gasteiger partial charge on any atom is 0.227 e. The second-order valence-electron chi connectivity index (χ2n) is 6.80. The van der Waals surface area contributed by atoms with Gasteiger partial charge in [0.25, 0.3) is 0 Å². The minimum Gasteiger partial charge on any atom is -0.326 e. The van der Waals surface area contributed by atoms with Crippen LogP contribution in [-0.2, 0) is 11.3 Å². The van der Waals surface area contributed by atoms with Gasteiger partial charge in [0.05, 0.1) is 0 Å². The van der Waals surface area contributed by atoms with Crippen molar-refractivity contribution < 1.29 is 9.59 Å². The van der Waals surface area contributed by atoms with Gasteiger partial charge in [0.15, 0.2) is 5.78 Å². The number of nitrogens with one attached hydrogen (secondary N) is 1. The van der Waals surface area contributed by atoms with Crippen molar-refractivity contribution in [2.45, 2.75) is 26.3 Å². The quantitative estimate of drug-likeness (QED) is 0.732. The lowest BCUT2D eigenvalue weighted by molar-refractivity contribution is -0.121. The highest BCUT2D eigenvalue weighted by molar-refractivity contribution is 9.10. The van der Waals surface area contributed by atoms with Gasteiger partial charge < -0.3 is 5.32 Å². The lowest BCUT2D eigenvalue weighted by atomic mass is 9.95. The molecule has 0 spiro atoms. The van der Waals surface area contributed by atoms with E-state index in [1.807, 2.05) is 6.07 Å². The number of carbonyl (C=O) groups excluding carboxylic acids is 2. The third kappa shape index (κ3) is 5.02. The summed E-state index contributed by atoms with van der Waals surface area (Å²) in [5, 5.41) is 2.96. The monoisotopic (exact) mass is 414 g/mol. The Morgan fingerprint density at radius 3 is 2.46 bits per heavy atom. The molecule has 0 aromatic heterocycles. The van der Waals surface area contributed by atoms with E-state index in [0.717, 1.165) is 36.9 Å². The normalized spacial score (nSPS) is 15.6. The number of ketones is 1. The molecule has 1 saturated heterocycles. The van der Waals surface area contributed by atoms with Gasteiger partial charge in [-0.2, -0.15) is 0 Å². The summed E-state index contributed by atoms with van der Waals surface area (Å²) in [5.74, 6) is 0.0773. The molecule has 1 N–H and O–H groups in total. The third-order valence-electron chi connectivity index (χ3n) is 4.81. The van der Waals surface area contributed by atoms with Gasteiger partial charge in [0, 0.05) is 28.2 Å². The van der Waals surface area contributed by atoms with Crippen LogP contribution < -0.4 is 5.32 Å². The van der Waals surface area contributed by atoms with Gasteiger partial charge in [-0.3, -0.25) is 14.5 Å². The summed E-state index contributed by atoms with van der Waals surface area (Å²) < 4.78 is 1.09. The van der Waals surface area contributed by atoms with Gasteiger partial charge in [-0.25, -0.2) is 0 Å². The first-order chi connectivity index (χ1) is 12.5. The predicted molar refractivity (Wildman–Crippen MR) is 107 cm³/mol. The second kappa shape index (κ2) is 8.60. The highest BCUT2D eigenvalue weighted by Gasteiger charge is 2.25. The molecule has 136 valence electrons. The van der Waals surface area contributed by atoms with E-state index in [2.05, 4.69) is 50.4 Å². The maximum atomic E-state index is 12.5. The van der Waals surface area contributed by atoms with Gasteiger partial charge in [-0.1, -0.05) is 40.2 Å². The zero-order valence-corrected chi connectivity index (χ0v) is 16.5. The Bertz CT molecular complexity index is 781. The van der Waals surface area contributed by atoms with Crippen molar-refractivity contribution >= 4 is 33.3 Å². The average Bonchev–Trinajstić information content (AvgIpc) is 2.64. The number of Topliss-reactive ketones (excluding diaryl/α,β-unsaturated/α-hetero) is 1. The van der Waals surface area contributed by atoms with Gasteiger partial charge in [-0.05, 0) is 62.7 Å². The van der Waals surface area contributed by atoms with Crippen LogP contribution in [0.3, 0.4) is 0 Å². The van der Waals surface area contributed by atoms with Gasteiger partial charge in [0.1, 0.15) is 0 Å². The van der Waals surface area contributed by atoms with Crippen molar-refractivity contribution in [3.8, 4) is 0 Å². The van der Waals surface area contributed by atoms with E-state index >= 15 is 0 Å². The molecule has 2 aromatic rings. The number of benzene rings is 2. The number of rotatable bonds is 5. The Labute approximate surface area is 162 Å². The average molecular weight is 415 g/mol. The molecular weight excluding hydrogens is 392 g/mol.